The lowest BCUT2D eigenvalue weighted by Crippen LogP contribution is -2.60. The second kappa shape index (κ2) is 7.35. The van der Waals surface area contributed by atoms with Crippen molar-refractivity contribution in [3.63, 3.8) is 0 Å². The lowest BCUT2D eigenvalue weighted by Gasteiger charge is -2.60. The van der Waals surface area contributed by atoms with Crippen LogP contribution in [0.4, 0.5) is 8.78 Å². The predicted molar refractivity (Wildman–Crippen MR) is 109 cm³/mol. The van der Waals surface area contributed by atoms with E-state index in [0.29, 0.717) is 19.3 Å². The van der Waals surface area contributed by atoms with Crippen LogP contribution < -0.4 is 0 Å². The van der Waals surface area contributed by atoms with E-state index < -0.39 is 35.1 Å². The van der Waals surface area contributed by atoms with Crippen molar-refractivity contribution in [2.45, 2.75) is 96.4 Å². The highest BCUT2D eigenvalue weighted by atomic mass is 19.3. The van der Waals surface area contributed by atoms with Crippen LogP contribution in [0.15, 0.2) is 11.6 Å². The summed E-state index contributed by atoms with van der Waals surface area (Å²) in [6.07, 6.45) is 1.47. The molecule has 0 aromatic rings. The van der Waals surface area contributed by atoms with Crippen molar-refractivity contribution in [3.8, 4) is 0 Å². The van der Waals surface area contributed by atoms with Crippen LogP contribution in [0.2, 0.25) is 0 Å². The van der Waals surface area contributed by atoms with Gasteiger partial charge in [0, 0.05) is 17.8 Å². The zero-order valence-corrected chi connectivity index (χ0v) is 18.3. The van der Waals surface area contributed by atoms with Crippen molar-refractivity contribution >= 4 is 5.78 Å². The SMILES string of the molecule is CC(CCC(F)F)[C@H]1CC[C@@]2(O)C3=CC(=O)[C@@H]4C[C@@H](O)[C@@H](O)C[C@]4(C)C3CC[C@]12C. The first-order chi connectivity index (χ1) is 13.9. The molecule has 4 aliphatic rings. The third-order valence-electron chi connectivity index (χ3n) is 9.72. The largest absolute Gasteiger partial charge is 0.390 e. The number of rotatable bonds is 4. The van der Waals surface area contributed by atoms with Crippen molar-refractivity contribution in [2.75, 3.05) is 0 Å². The Hall–Kier alpha value is -0.850. The average molecular weight is 427 g/mol. The standard InChI is InChI=1S/C24H36F2O4/c1-13(4-5-21(25)26)14-7-9-24(30)16-10-18(27)17-11-19(28)20(29)12-22(17,2)15(16)6-8-23(14,24)3/h10,13-15,17,19-21,28-30H,4-9,11-12H2,1-3H3/t13?,14-,15?,17+,19-,20+,22-,23-,24-/m1/s1. The number of carbonyl (C=O) groups is 1. The number of hydrogen-bond acceptors (Lipinski definition) is 4. The number of alkyl halides is 2. The lowest BCUT2D eigenvalue weighted by molar-refractivity contribution is -0.153. The van der Waals surface area contributed by atoms with E-state index in [-0.39, 0.29) is 42.3 Å². The molecular weight excluding hydrogens is 390 g/mol. The third-order valence-corrected chi connectivity index (χ3v) is 9.72. The summed E-state index contributed by atoms with van der Waals surface area (Å²) < 4.78 is 25.6. The number of ketones is 1. The molecule has 9 atom stereocenters. The Kier molecular flexibility index (Phi) is 5.47. The maximum atomic E-state index is 13.1. The maximum absolute atomic E-state index is 13.1. The highest BCUT2D eigenvalue weighted by Gasteiger charge is 2.66. The van der Waals surface area contributed by atoms with Gasteiger partial charge in [-0.2, -0.15) is 0 Å². The molecule has 170 valence electrons. The zero-order valence-electron chi connectivity index (χ0n) is 18.3. The fourth-order valence-corrected chi connectivity index (χ4v) is 7.91. The van der Waals surface area contributed by atoms with Crippen LogP contribution in [-0.2, 0) is 4.79 Å². The number of halogens is 2. The van der Waals surface area contributed by atoms with Gasteiger partial charge in [-0.25, -0.2) is 8.78 Å². The Bertz CT molecular complexity index is 739. The molecule has 0 amide bonds. The van der Waals surface area contributed by atoms with Crippen LogP contribution in [0.1, 0.15) is 72.1 Å². The number of aliphatic hydroxyl groups is 3. The molecule has 4 aliphatic carbocycles. The topological polar surface area (TPSA) is 77.8 Å². The monoisotopic (exact) mass is 426 g/mol. The Labute approximate surface area is 177 Å². The van der Waals surface area contributed by atoms with Gasteiger partial charge in [-0.3, -0.25) is 4.79 Å². The molecule has 6 heteroatoms. The second-order valence-electron chi connectivity index (χ2n) is 11.1. The van der Waals surface area contributed by atoms with E-state index in [1.165, 1.54) is 0 Å². The highest BCUT2D eigenvalue weighted by molar-refractivity contribution is 5.95. The molecule has 0 saturated heterocycles. The van der Waals surface area contributed by atoms with Gasteiger partial charge in [0.1, 0.15) is 0 Å². The van der Waals surface area contributed by atoms with Crippen molar-refractivity contribution in [1.82, 2.24) is 0 Å². The predicted octanol–water partition coefficient (Wildman–Crippen LogP) is 3.87. The summed E-state index contributed by atoms with van der Waals surface area (Å²) in [7, 11) is 0. The second-order valence-corrected chi connectivity index (χ2v) is 11.1. The molecule has 4 nitrogen and oxygen atoms in total. The molecule has 3 fully saturated rings. The quantitative estimate of drug-likeness (QED) is 0.638. The summed E-state index contributed by atoms with van der Waals surface area (Å²) in [6, 6.07) is 0. The molecule has 0 spiro atoms. The summed E-state index contributed by atoms with van der Waals surface area (Å²) in [4.78, 5) is 13.1. The molecule has 4 rings (SSSR count). The van der Waals surface area contributed by atoms with E-state index in [4.69, 9.17) is 0 Å². The van der Waals surface area contributed by atoms with Gasteiger partial charge in [-0.1, -0.05) is 20.8 Å². The van der Waals surface area contributed by atoms with E-state index in [0.717, 1.165) is 24.8 Å². The first kappa shape index (κ1) is 22.3. The van der Waals surface area contributed by atoms with Gasteiger partial charge in [0.2, 0.25) is 6.43 Å². The number of fused-ring (bicyclic) bond motifs is 5. The molecule has 30 heavy (non-hydrogen) atoms. The number of aliphatic hydroxyl groups excluding tert-OH is 2. The normalized spacial score (nSPS) is 49.3. The number of hydrogen-bond donors (Lipinski definition) is 3. The summed E-state index contributed by atoms with van der Waals surface area (Å²) in [5.74, 6) is -0.163. The van der Waals surface area contributed by atoms with Crippen LogP contribution >= 0.6 is 0 Å². The van der Waals surface area contributed by atoms with Gasteiger partial charge in [-0.15, -0.1) is 0 Å². The molecule has 0 aromatic heterocycles. The van der Waals surface area contributed by atoms with Gasteiger partial charge >= 0.3 is 0 Å². The fourth-order valence-electron chi connectivity index (χ4n) is 7.91. The minimum atomic E-state index is -2.31. The zero-order chi connectivity index (χ0) is 22.1. The summed E-state index contributed by atoms with van der Waals surface area (Å²) in [6.45, 7) is 6.14. The van der Waals surface area contributed by atoms with E-state index in [1.54, 1.807) is 6.08 Å². The molecule has 0 aromatic carbocycles. The molecule has 0 radical (unpaired) electrons. The van der Waals surface area contributed by atoms with Gasteiger partial charge in [0.05, 0.1) is 17.8 Å². The van der Waals surface area contributed by atoms with E-state index in [9.17, 15) is 28.9 Å². The minimum Gasteiger partial charge on any atom is -0.390 e. The first-order valence-corrected chi connectivity index (χ1v) is 11.6. The molecule has 3 saturated carbocycles. The first-order valence-electron chi connectivity index (χ1n) is 11.6. The Morgan fingerprint density at radius 1 is 1.10 bits per heavy atom. The van der Waals surface area contributed by atoms with Crippen LogP contribution in [0, 0.1) is 34.5 Å². The van der Waals surface area contributed by atoms with Crippen molar-refractivity contribution in [2.24, 2.45) is 34.5 Å². The van der Waals surface area contributed by atoms with Crippen LogP contribution in [0.5, 0.6) is 0 Å². The highest BCUT2D eigenvalue weighted by Crippen LogP contribution is 2.68. The average Bonchev–Trinajstić information content (AvgIpc) is 2.94. The Balaban J connectivity index is 1.67. The smallest absolute Gasteiger partial charge is 0.238 e. The van der Waals surface area contributed by atoms with E-state index in [1.807, 2.05) is 13.8 Å². The van der Waals surface area contributed by atoms with Crippen LogP contribution in [-0.4, -0.2) is 45.3 Å². The molecular formula is C24H36F2O4. The number of allylic oxidation sites excluding steroid dienone is 1. The van der Waals surface area contributed by atoms with E-state index >= 15 is 0 Å². The summed E-state index contributed by atoms with van der Waals surface area (Å²) in [5, 5.41) is 32.5. The summed E-state index contributed by atoms with van der Waals surface area (Å²) >= 11 is 0. The Morgan fingerprint density at radius 3 is 2.47 bits per heavy atom. The molecule has 3 N–H and O–H groups in total. The molecule has 2 unspecified atom stereocenters. The van der Waals surface area contributed by atoms with Crippen molar-refractivity contribution < 1.29 is 28.9 Å². The molecule has 0 bridgehead atoms. The van der Waals surface area contributed by atoms with Gasteiger partial charge in [0.15, 0.2) is 5.78 Å². The maximum Gasteiger partial charge on any atom is 0.238 e. The summed E-state index contributed by atoms with van der Waals surface area (Å²) in [5.41, 5.74) is -1.22. The molecule has 0 heterocycles. The third kappa shape index (κ3) is 3.04. The fraction of sp³-hybridized carbons (Fsp3) is 0.875. The van der Waals surface area contributed by atoms with E-state index in [2.05, 4.69) is 6.92 Å². The molecule has 0 aliphatic heterocycles. The van der Waals surface area contributed by atoms with Crippen molar-refractivity contribution in [3.05, 3.63) is 11.6 Å². The van der Waals surface area contributed by atoms with Crippen LogP contribution in [0.3, 0.4) is 0 Å². The number of carbonyl (C=O) groups excluding carboxylic acids is 1. The van der Waals surface area contributed by atoms with Gasteiger partial charge in [-0.05, 0) is 79.8 Å². The van der Waals surface area contributed by atoms with Crippen molar-refractivity contribution in [1.29, 1.82) is 0 Å². The van der Waals surface area contributed by atoms with Crippen LogP contribution in [0.25, 0.3) is 0 Å². The van der Waals surface area contributed by atoms with Gasteiger partial charge in [0.25, 0.3) is 0 Å². The Morgan fingerprint density at radius 2 is 1.80 bits per heavy atom. The minimum absolute atomic E-state index is 0.00412. The lowest BCUT2D eigenvalue weighted by atomic mass is 9.46. The van der Waals surface area contributed by atoms with Gasteiger partial charge < -0.3 is 15.3 Å².